The summed E-state index contributed by atoms with van der Waals surface area (Å²) >= 11 is 0. The zero-order valence-electron chi connectivity index (χ0n) is 9.36. The van der Waals surface area contributed by atoms with E-state index in [1.807, 2.05) is 37.3 Å². The van der Waals surface area contributed by atoms with Crippen molar-refractivity contribution in [2.45, 2.75) is 6.92 Å². The molecular weight excluding hydrogens is 202 g/mol. The second kappa shape index (κ2) is 4.31. The van der Waals surface area contributed by atoms with Crippen LogP contribution in [0.5, 0.6) is 0 Å². The quantitative estimate of drug-likeness (QED) is 0.708. The van der Waals surface area contributed by atoms with Gasteiger partial charge in [-0.2, -0.15) is 0 Å². The average molecular weight is 215 g/mol. The summed E-state index contributed by atoms with van der Waals surface area (Å²) in [7, 11) is 1.39. The summed E-state index contributed by atoms with van der Waals surface area (Å²) in [6, 6.07) is 9.80. The van der Waals surface area contributed by atoms with E-state index in [1.165, 1.54) is 7.11 Å². The summed E-state index contributed by atoms with van der Waals surface area (Å²) in [4.78, 5) is 15.9. The van der Waals surface area contributed by atoms with Crippen LogP contribution >= 0.6 is 0 Å². The van der Waals surface area contributed by atoms with E-state index in [9.17, 15) is 4.79 Å². The first-order valence-corrected chi connectivity index (χ1v) is 5.12. The van der Waals surface area contributed by atoms with Crippen molar-refractivity contribution in [1.29, 1.82) is 0 Å². The maximum atomic E-state index is 11.6. The molecule has 3 nitrogen and oxygen atoms in total. The van der Waals surface area contributed by atoms with E-state index in [0.29, 0.717) is 12.1 Å². The van der Waals surface area contributed by atoms with Gasteiger partial charge in [-0.3, -0.25) is 4.99 Å². The smallest absolute Gasteiger partial charge is 0.340 e. The first kappa shape index (κ1) is 10.6. The van der Waals surface area contributed by atoms with Gasteiger partial charge in [0.2, 0.25) is 0 Å². The lowest BCUT2D eigenvalue weighted by molar-refractivity contribution is -0.135. The summed E-state index contributed by atoms with van der Waals surface area (Å²) in [5.41, 5.74) is 3.34. The number of rotatable bonds is 2. The summed E-state index contributed by atoms with van der Waals surface area (Å²) in [5.74, 6) is -0.308. The van der Waals surface area contributed by atoms with Crippen molar-refractivity contribution in [2.24, 2.45) is 4.99 Å². The van der Waals surface area contributed by atoms with Gasteiger partial charge in [0.1, 0.15) is 0 Å². The predicted octanol–water partition coefficient (Wildman–Crippen LogP) is 2.09. The van der Waals surface area contributed by atoms with E-state index < -0.39 is 0 Å². The van der Waals surface area contributed by atoms with Gasteiger partial charge in [0.25, 0.3) is 0 Å². The number of hydrogen-bond donors (Lipinski definition) is 0. The van der Waals surface area contributed by atoms with Gasteiger partial charge >= 0.3 is 5.97 Å². The molecule has 0 saturated heterocycles. The number of ether oxygens (including phenoxy) is 1. The molecule has 82 valence electrons. The summed E-state index contributed by atoms with van der Waals surface area (Å²) < 4.78 is 4.78. The second-order valence-electron chi connectivity index (χ2n) is 3.61. The maximum absolute atomic E-state index is 11.6. The Morgan fingerprint density at radius 2 is 2.00 bits per heavy atom. The molecule has 1 aromatic rings. The molecule has 0 radical (unpaired) electrons. The van der Waals surface area contributed by atoms with E-state index in [2.05, 4.69) is 4.99 Å². The SMILES string of the molecule is COC(=O)C1=C(c2ccccc2)CN=C1C. The van der Waals surface area contributed by atoms with E-state index in [-0.39, 0.29) is 5.97 Å². The van der Waals surface area contributed by atoms with E-state index >= 15 is 0 Å². The fourth-order valence-electron chi connectivity index (χ4n) is 1.82. The molecule has 0 unspecified atom stereocenters. The van der Waals surface area contributed by atoms with Crippen LogP contribution in [0.2, 0.25) is 0 Å². The van der Waals surface area contributed by atoms with Crippen LogP contribution in [0.25, 0.3) is 5.57 Å². The molecular formula is C13H13NO2. The summed E-state index contributed by atoms with van der Waals surface area (Å²) in [6.45, 7) is 2.39. The van der Waals surface area contributed by atoms with Gasteiger partial charge in [0.05, 0.1) is 19.2 Å². The van der Waals surface area contributed by atoms with Gasteiger partial charge in [-0.1, -0.05) is 30.3 Å². The Labute approximate surface area is 94.5 Å². The Morgan fingerprint density at radius 1 is 1.31 bits per heavy atom. The van der Waals surface area contributed by atoms with Crippen LogP contribution in [-0.2, 0) is 9.53 Å². The topological polar surface area (TPSA) is 38.7 Å². The van der Waals surface area contributed by atoms with E-state index in [1.54, 1.807) is 0 Å². The number of esters is 1. The molecule has 0 atom stereocenters. The number of carbonyl (C=O) groups excluding carboxylic acids is 1. The molecule has 1 aromatic carbocycles. The van der Waals surface area contributed by atoms with Crippen LogP contribution in [0.1, 0.15) is 12.5 Å². The molecule has 2 rings (SSSR count). The third kappa shape index (κ3) is 1.76. The largest absolute Gasteiger partial charge is 0.465 e. The van der Waals surface area contributed by atoms with Crippen molar-refractivity contribution in [3.63, 3.8) is 0 Å². The molecule has 0 aliphatic carbocycles. The van der Waals surface area contributed by atoms with Gasteiger partial charge in [-0.05, 0) is 18.1 Å². The van der Waals surface area contributed by atoms with Crippen LogP contribution < -0.4 is 0 Å². The minimum absolute atomic E-state index is 0.308. The molecule has 0 amide bonds. The van der Waals surface area contributed by atoms with Crippen LogP contribution in [0.15, 0.2) is 40.9 Å². The highest BCUT2D eigenvalue weighted by Gasteiger charge is 2.24. The Morgan fingerprint density at radius 3 is 2.62 bits per heavy atom. The zero-order chi connectivity index (χ0) is 11.5. The number of benzene rings is 1. The minimum Gasteiger partial charge on any atom is -0.465 e. The van der Waals surface area contributed by atoms with Gasteiger partial charge < -0.3 is 4.74 Å². The molecule has 0 saturated carbocycles. The normalized spacial score (nSPS) is 15.0. The molecule has 0 bridgehead atoms. The number of nitrogens with zero attached hydrogens (tertiary/aromatic N) is 1. The first-order chi connectivity index (χ1) is 7.74. The highest BCUT2D eigenvalue weighted by Crippen LogP contribution is 2.25. The summed E-state index contributed by atoms with van der Waals surface area (Å²) in [5, 5.41) is 0. The highest BCUT2D eigenvalue weighted by atomic mass is 16.5. The minimum atomic E-state index is -0.308. The van der Waals surface area contributed by atoms with Gasteiger partial charge in [0.15, 0.2) is 0 Å². The van der Waals surface area contributed by atoms with Crippen molar-refractivity contribution < 1.29 is 9.53 Å². The zero-order valence-corrected chi connectivity index (χ0v) is 9.36. The molecule has 1 aliphatic heterocycles. The van der Waals surface area contributed by atoms with Crippen molar-refractivity contribution in [3.8, 4) is 0 Å². The molecule has 3 heteroatoms. The van der Waals surface area contributed by atoms with Gasteiger partial charge in [-0.25, -0.2) is 4.79 Å². The Kier molecular flexibility index (Phi) is 2.86. The van der Waals surface area contributed by atoms with Gasteiger partial charge in [-0.15, -0.1) is 0 Å². The lowest BCUT2D eigenvalue weighted by Crippen LogP contribution is -2.11. The summed E-state index contributed by atoms with van der Waals surface area (Å²) in [6.07, 6.45) is 0. The molecule has 0 spiro atoms. The molecule has 1 heterocycles. The van der Waals surface area contributed by atoms with Crippen LogP contribution in [0.3, 0.4) is 0 Å². The fraction of sp³-hybridized carbons (Fsp3) is 0.231. The monoisotopic (exact) mass is 215 g/mol. The lowest BCUT2D eigenvalue weighted by atomic mass is 10.00. The lowest BCUT2D eigenvalue weighted by Gasteiger charge is -2.05. The van der Waals surface area contributed by atoms with Crippen molar-refractivity contribution in [1.82, 2.24) is 0 Å². The first-order valence-electron chi connectivity index (χ1n) is 5.12. The molecule has 1 aliphatic rings. The number of carbonyl (C=O) groups is 1. The average Bonchev–Trinajstić information content (AvgIpc) is 2.71. The Bertz CT molecular complexity index is 472. The molecule has 0 N–H and O–H groups in total. The maximum Gasteiger partial charge on any atom is 0.340 e. The standard InChI is InChI=1S/C13H13NO2/c1-9-12(13(15)16-2)11(8-14-9)10-6-4-3-5-7-10/h3-7H,8H2,1-2H3. The van der Waals surface area contributed by atoms with E-state index in [0.717, 1.165) is 16.8 Å². The van der Waals surface area contributed by atoms with Crippen LogP contribution in [-0.4, -0.2) is 25.3 Å². The third-order valence-electron chi connectivity index (χ3n) is 2.65. The third-order valence-corrected chi connectivity index (χ3v) is 2.65. The van der Waals surface area contributed by atoms with E-state index in [4.69, 9.17) is 4.74 Å². The van der Waals surface area contributed by atoms with Crippen molar-refractivity contribution >= 4 is 17.3 Å². The van der Waals surface area contributed by atoms with Crippen LogP contribution in [0.4, 0.5) is 0 Å². The number of hydrogen-bond acceptors (Lipinski definition) is 3. The molecule has 0 fully saturated rings. The molecule has 0 aromatic heterocycles. The Balaban J connectivity index is 2.48. The number of aliphatic imine (C=N–C) groups is 1. The van der Waals surface area contributed by atoms with Crippen molar-refractivity contribution in [2.75, 3.05) is 13.7 Å². The van der Waals surface area contributed by atoms with Gasteiger partial charge in [0, 0.05) is 5.71 Å². The van der Waals surface area contributed by atoms with Crippen LogP contribution in [0, 0.1) is 0 Å². The predicted molar refractivity (Wildman–Crippen MR) is 63.4 cm³/mol. The molecule has 16 heavy (non-hydrogen) atoms. The van der Waals surface area contributed by atoms with Crippen molar-refractivity contribution in [3.05, 3.63) is 41.5 Å². The highest BCUT2D eigenvalue weighted by molar-refractivity contribution is 6.26. The number of methoxy groups -OCH3 is 1. The Hall–Kier alpha value is -1.90. The second-order valence-corrected chi connectivity index (χ2v) is 3.61. The fourth-order valence-corrected chi connectivity index (χ4v) is 1.82.